The first-order valence-electron chi connectivity index (χ1n) is 48.3. The number of rotatable bonds is 41. The first-order chi connectivity index (χ1) is 65.9. The van der Waals surface area contributed by atoms with E-state index in [0.29, 0.717) is 97.5 Å². The number of carboxylic acids is 6. The van der Waals surface area contributed by atoms with Crippen LogP contribution in [0.4, 0.5) is 15.8 Å². The Morgan fingerprint density at radius 1 is 0.368 bits per heavy atom. The maximum absolute atomic E-state index is 13.0. The predicted molar refractivity (Wildman–Crippen MR) is 521 cm³/mol. The third-order valence-electron chi connectivity index (χ3n) is 25.1. The number of nitro groups is 1. The van der Waals surface area contributed by atoms with Crippen molar-refractivity contribution >= 4 is 47.2 Å². The molecule has 25 nitrogen and oxygen atoms in total. The lowest BCUT2D eigenvalue weighted by atomic mass is 9.95. The van der Waals surface area contributed by atoms with Crippen LogP contribution in [0.25, 0.3) is 11.1 Å². The van der Waals surface area contributed by atoms with Crippen LogP contribution < -0.4 is 42.8 Å². The van der Waals surface area contributed by atoms with Crippen molar-refractivity contribution in [3.8, 4) is 57.1 Å². The summed E-state index contributed by atoms with van der Waals surface area (Å²) in [5.41, 5.74) is 14.5. The zero-order valence-corrected chi connectivity index (χ0v) is 78.8. The van der Waals surface area contributed by atoms with E-state index in [9.17, 15) is 73.9 Å². The number of nitro benzene ring substituents is 1. The van der Waals surface area contributed by atoms with Gasteiger partial charge in [-0.2, -0.15) is 0 Å². The van der Waals surface area contributed by atoms with Gasteiger partial charge in [0, 0.05) is 56.7 Å². The minimum Gasteiger partial charge on any atom is -0.479 e. The first-order valence-corrected chi connectivity index (χ1v) is 48.3. The maximum Gasteiger partial charge on any atom is 0.344 e. The quantitative estimate of drug-likeness (QED) is 0.0118. The highest BCUT2D eigenvalue weighted by molar-refractivity contribution is 5.76. The largest absolute Gasteiger partial charge is 0.479 e. The molecule has 8 aliphatic rings. The Balaban J connectivity index is 0.000000169. The van der Waals surface area contributed by atoms with Crippen LogP contribution in [-0.2, 0) is 53.0 Å². The van der Waals surface area contributed by atoms with Gasteiger partial charge < -0.3 is 78.2 Å². The van der Waals surface area contributed by atoms with Gasteiger partial charge in [0.15, 0.2) is 48.1 Å². The summed E-state index contributed by atoms with van der Waals surface area (Å²) in [6.07, 6.45) is 47.2. The number of benzene rings is 7. The molecule has 0 saturated carbocycles. The fourth-order valence-corrected chi connectivity index (χ4v) is 17.4. The molecule has 0 fully saturated rings. The highest BCUT2D eigenvalue weighted by Gasteiger charge is 2.29. The summed E-state index contributed by atoms with van der Waals surface area (Å²) in [5, 5.41) is 66.8. The number of ether oxygens (including phenoxy) is 9. The van der Waals surface area contributed by atoms with Gasteiger partial charge in [0.05, 0.1) is 11.5 Å². The Bertz CT molecular complexity index is 5090. The number of allylic oxidation sites excluding steroid dienone is 12. The molecular weight excluding hydrogens is 1740 g/mol. The van der Waals surface area contributed by atoms with Crippen LogP contribution in [0.3, 0.4) is 0 Å². The number of hydrogen-bond donors (Lipinski definition) is 6. The number of carbonyl (C=O) groups is 6. The normalized spacial score (nSPS) is 16.4. The fourth-order valence-electron chi connectivity index (χ4n) is 17.4. The van der Waals surface area contributed by atoms with Gasteiger partial charge in [-0.05, 0) is 352 Å². The van der Waals surface area contributed by atoms with Gasteiger partial charge in [-0.25, -0.2) is 33.2 Å². The molecule has 730 valence electrons. The second-order valence-corrected chi connectivity index (χ2v) is 35.6. The van der Waals surface area contributed by atoms with Crippen molar-refractivity contribution in [3.05, 3.63) is 260 Å². The van der Waals surface area contributed by atoms with Crippen molar-refractivity contribution < 1.29 is 111 Å². The number of fused-ring (bicyclic) bond motifs is 2. The Kier molecular flexibility index (Phi) is 44.3. The molecule has 7 aliphatic carbocycles. The first kappa shape index (κ1) is 105. The summed E-state index contributed by atoms with van der Waals surface area (Å²) in [4.78, 5) is 80.6. The van der Waals surface area contributed by atoms with Gasteiger partial charge >= 0.3 is 35.8 Å². The monoisotopic (exact) mass is 1870 g/mol. The van der Waals surface area contributed by atoms with Gasteiger partial charge in [0.25, 0.3) is 5.69 Å². The van der Waals surface area contributed by atoms with E-state index >= 15 is 0 Å². The van der Waals surface area contributed by atoms with Crippen molar-refractivity contribution in [3.63, 3.8) is 0 Å². The predicted octanol–water partition coefficient (Wildman–Crippen LogP) is 24.9. The molecule has 6 N–H and O–H groups in total. The molecule has 6 atom stereocenters. The fraction of sp³-hybridized carbons (Fsp3) is 0.455. The molecule has 0 amide bonds. The summed E-state index contributed by atoms with van der Waals surface area (Å²) in [5.74, 6) is -1.34. The number of non-ortho nitro benzene ring substituents is 1. The van der Waals surface area contributed by atoms with E-state index in [4.69, 9.17) is 42.6 Å². The molecule has 0 aromatic heterocycles. The molecule has 6 unspecified atom stereocenters. The lowest BCUT2D eigenvalue weighted by Gasteiger charge is -2.19. The molecule has 0 bridgehead atoms. The number of para-hydroxylation sites is 1. The summed E-state index contributed by atoms with van der Waals surface area (Å²) >= 11 is 0. The Labute approximate surface area is 798 Å². The van der Waals surface area contributed by atoms with E-state index in [1.54, 1.807) is 55.6 Å². The molecule has 1 aliphatic heterocycles. The SMILES string of the molecule is CN(C)c1cccc(OC(CCC2=CCCCC2)C(=O)O)c1.COCc1ccccc1OC(CCC1=CCCCC1)C(=O)O.O=C(O)C(CCC1=CCCCC1)Oc1ccc(-c2ccc(F)cc2)cc1.O=C(O)C(CCC1=CCCCC1)Oc1ccc([N+](=O)[O-])cc1.O=C(O)C(CCC1=CCCCC1)Oc1ccc2c(c1)CCC2.O=C(O)C(CCC1=CCCCC1)Oc1ccc2c(c1)OCO2. The van der Waals surface area contributed by atoms with Crippen LogP contribution in [0.1, 0.15) is 254 Å². The van der Waals surface area contributed by atoms with Gasteiger partial charge in [-0.3, -0.25) is 10.1 Å². The van der Waals surface area contributed by atoms with Crippen molar-refractivity contribution in [2.45, 2.75) is 294 Å². The number of halogens is 1. The molecule has 1 heterocycles. The number of methoxy groups -OCH3 is 1. The van der Waals surface area contributed by atoms with Crippen LogP contribution in [0.5, 0.6) is 46.0 Å². The molecular formula is C110H135FN2O23. The third kappa shape index (κ3) is 37.2. The molecule has 0 spiro atoms. The van der Waals surface area contributed by atoms with Crippen molar-refractivity contribution in [2.75, 3.05) is 32.9 Å². The van der Waals surface area contributed by atoms with Crippen LogP contribution in [0.15, 0.2) is 228 Å². The van der Waals surface area contributed by atoms with Crippen LogP contribution in [0.2, 0.25) is 0 Å². The van der Waals surface area contributed by atoms with Gasteiger partial charge in [0.1, 0.15) is 40.3 Å². The number of anilines is 1. The molecule has 7 aromatic rings. The van der Waals surface area contributed by atoms with Crippen LogP contribution in [0, 0.1) is 15.9 Å². The standard InChI is InChI=1S/C22H23FO3.C19H24O3.C18H25NO3.C18H24O4.C17H20O5.C16H19NO5/c23-19-11-7-17(8-12-19)18-9-13-20(14-10-18)26-21(22(24)25)15-6-16-4-2-1-3-5-16;20-19(21)18(12-9-14-5-2-1-3-6-14)22-17-11-10-15-7-4-8-16(15)13-17;1-19(2)15-9-6-10-16(13-15)22-17(18(20)21)12-11-14-7-4-3-5-8-14;1-21-13-15-9-5-6-10-16(15)22-17(18(19)20)12-11-14-7-3-2-4-8-14;18-17(19)15(8-6-12-4-2-1-3-5-12)22-13-7-9-14-16(10-13)21-11-20-14;18-16(19)15(11-6-12-4-2-1-3-5-12)22-14-9-7-13(8-10-14)17(20)21/h4,7-14,21H,1-3,5-6,15H2,(H,24,25);5,10-11,13,18H,1-4,6-9,12H2,(H,20,21);6-7,9-10,13,17H,3-5,8,11-12H2,1-2H3,(H,20,21);5-7,9-10,17H,2-4,8,11-13H2,1H3,(H,19,20);4,7,9-10,15H,1-3,5-6,8,11H2,(H,18,19);4,7-10,15H,1-3,5-6,11H2,(H,18,19). The third-order valence-corrected chi connectivity index (χ3v) is 25.1. The second-order valence-electron chi connectivity index (χ2n) is 35.6. The lowest BCUT2D eigenvalue weighted by molar-refractivity contribution is -0.384. The van der Waals surface area contributed by atoms with Crippen LogP contribution in [-0.4, -0.2) is 136 Å². The summed E-state index contributed by atoms with van der Waals surface area (Å²) < 4.78 is 62.6. The van der Waals surface area contributed by atoms with Crippen molar-refractivity contribution in [1.82, 2.24) is 0 Å². The van der Waals surface area contributed by atoms with Crippen LogP contribution >= 0.6 is 0 Å². The molecule has 26 heteroatoms. The van der Waals surface area contributed by atoms with Gasteiger partial charge in [-0.1, -0.05) is 124 Å². The molecule has 0 saturated heterocycles. The van der Waals surface area contributed by atoms with E-state index in [1.807, 2.05) is 85.7 Å². The van der Waals surface area contributed by atoms with E-state index in [0.717, 1.165) is 151 Å². The Morgan fingerprint density at radius 3 is 1.10 bits per heavy atom. The van der Waals surface area contributed by atoms with E-state index < -0.39 is 77.4 Å². The number of aryl methyl sites for hydroxylation is 2. The van der Waals surface area contributed by atoms with Gasteiger partial charge in [0.2, 0.25) is 6.79 Å². The molecule has 0 radical (unpaired) electrons. The zero-order chi connectivity index (χ0) is 96.8. The summed E-state index contributed by atoms with van der Waals surface area (Å²) in [6, 6.07) is 45.0. The topological polar surface area (TPSA) is 353 Å². The molecule has 15 rings (SSSR count). The number of carboxylic acid groups (broad SMARTS) is 6. The highest BCUT2D eigenvalue weighted by atomic mass is 19.1. The molecule has 136 heavy (non-hydrogen) atoms. The van der Waals surface area contributed by atoms with E-state index in [2.05, 4.69) is 42.5 Å². The Hall–Kier alpha value is -12.7. The van der Waals surface area contributed by atoms with E-state index in [1.165, 1.54) is 158 Å². The summed E-state index contributed by atoms with van der Waals surface area (Å²) in [6.45, 7) is 0.600. The smallest absolute Gasteiger partial charge is 0.344 e. The second kappa shape index (κ2) is 57.2. The zero-order valence-electron chi connectivity index (χ0n) is 78.8. The number of aliphatic carboxylic acids is 6. The van der Waals surface area contributed by atoms with Gasteiger partial charge in [-0.15, -0.1) is 0 Å². The minimum atomic E-state index is -1.02. The molecule has 7 aromatic carbocycles. The minimum absolute atomic E-state index is 0.0495. The van der Waals surface area contributed by atoms with E-state index in [-0.39, 0.29) is 18.3 Å². The average Bonchev–Trinajstić information content (AvgIpc) is 1.74. The van der Waals surface area contributed by atoms with Crippen molar-refractivity contribution in [2.24, 2.45) is 0 Å². The Morgan fingerprint density at radius 2 is 0.713 bits per heavy atom. The summed E-state index contributed by atoms with van der Waals surface area (Å²) in [7, 11) is 5.51. The number of hydrogen-bond acceptors (Lipinski definition) is 18. The average molecular weight is 1870 g/mol. The maximum atomic E-state index is 13.0. The highest BCUT2D eigenvalue weighted by Crippen LogP contribution is 2.38. The lowest BCUT2D eigenvalue weighted by Crippen LogP contribution is -2.27. The van der Waals surface area contributed by atoms with Crippen molar-refractivity contribution in [1.29, 1.82) is 0 Å². The number of nitrogens with zero attached hydrogens (tertiary/aromatic N) is 2.